The smallest absolute Gasteiger partial charge is 0.123 e. The van der Waals surface area contributed by atoms with Crippen LogP contribution >= 0.6 is 0 Å². The Bertz CT molecular complexity index is 325. The molecule has 0 saturated carbocycles. The topological polar surface area (TPSA) is 18.5 Å². The second kappa shape index (κ2) is 4.93. The summed E-state index contributed by atoms with van der Waals surface area (Å²) in [7, 11) is 0. The fourth-order valence-corrected chi connectivity index (χ4v) is 1.75. The van der Waals surface area contributed by atoms with E-state index in [0.29, 0.717) is 6.61 Å². The number of benzene rings is 1. The van der Waals surface area contributed by atoms with E-state index in [2.05, 4.69) is 6.92 Å². The van der Waals surface area contributed by atoms with E-state index in [-0.39, 0.29) is 11.2 Å². The van der Waals surface area contributed by atoms with Gasteiger partial charge in [-0.3, -0.25) is 0 Å². The average Bonchev–Trinajstić information content (AvgIpc) is 2.25. The summed E-state index contributed by atoms with van der Waals surface area (Å²) < 4.78 is 23.5. The van der Waals surface area contributed by atoms with Crippen LogP contribution in [0.15, 0.2) is 24.3 Å². The molecule has 0 radical (unpaired) electrons. The normalized spacial score (nSPS) is 18.1. The van der Waals surface area contributed by atoms with Crippen molar-refractivity contribution >= 4 is 0 Å². The van der Waals surface area contributed by atoms with Gasteiger partial charge in [-0.25, -0.2) is 4.39 Å². The molecule has 1 fully saturated rings. The van der Waals surface area contributed by atoms with Gasteiger partial charge in [-0.05, 0) is 24.1 Å². The molecule has 0 aliphatic carbocycles. The summed E-state index contributed by atoms with van der Waals surface area (Å²) in [4.78, 5) is 0. The highest BCUT2D eigenvalue weighted by Gasteiger charge is 2.36. The van der Waals surface area contributed by atoms with E-state index in [9.17, 15) is 4.39 Å². The molecule has 0 unspecified atom stereocenters. The second-order valence-electron chi connectivity index (χ2n) is 4.47. The Balaban J connectivity index is 1.77. The van der Waals surface area contributed by atoms with E-state index in [0.717, 1.165) is 31.8 Å². The molecule has 2 rings (SSSR count). The first-order valence-electron chi connectivity index (χ1n) is 5.64. The first-order valence-corrected chi connectivity index (χ1v) is 5.64. The average molecular weight is 224 g/mol. The third-order valence-electron chi connectivity index (χ3n) is 3.16. The van der Waals surface area contributed by atoms with Crippen LogP contribution in [0, 0.1) is 11.2 Å². The third kappa shape index (κ3) is 2.60. The molecule has 1 heterocycles. The van der Waals surface area contributed by atoms with Crippen LogP contribution in [0.25, 0.3) is 0 Å². The van der Waals surface area contributed by atoms with Gasteiger partial charge in [0, 0.05) is 5.41 Å². The molecule has 0 spiro atoms. The minimum absolute atomic E-state index is 0.207. The summed E-state index contributed by atoms with van der Waals surface area (Å²) in [5.41, 5.74) is 1.23. The predicted octanol–water partition coefficient (Wildman–Crippen LogP) is 2.77. The van der Waals surface area contributed by atoms with E-state index in [1.165, 1.54) is 12.1 Å². The summed E-state index contributed by atoms with van der Waals surface area (Å²) in [5.74, 6) is -0.207. The van der Waals surface area contributed by atoms with Crippen LogP contribution in [0.5, 0.6) is 0 Å². The Kier molecular flexibility index (Phi) is 3.56. The number of hydrogen-bond acceptors (Lipinski definition) is 2. The molecule has 1 aliphatic heterocycles. The maximum Gasteiger partial charge on any atom is 0.123 e. The van der Waals surface area contributed by atoms with Crippen molar-refractivity contribution in [1.82, 2.24) is 0 Å². The van der Waals surface area contributed by atoms with Gasteiger partial charge < -0.3 is 9.47 Å². The summed E-state index contributed by atoms with van der Waals surface area (Å²) in [5, 5.41) is 0. The maximum absolute atomic E-state index is 12.7. The van der Waals surface area contributed by atoms with E-state index in [4.69, 9.17) is 9.47 Å². The Morgan fingerprint density at radius 2 is 2.00 bits per heavy atom. The molecular formula is C13H17FO2. The highest BCUT2D eigenvalue weighted by molar-refractivity contribution is 5.14. The molecule has 1 saturated heterocycles. The zero-order chi connectivity index (χ0) is 11.4. The van der Waals surface area contributed by atoms with E-state index in [1.54, 1.807) is 12.1 Å². The minimum atomic E-state index is -0.207. The van der Waals surface area contributed by atoms with Gasteiger partial charge >= 0.3 is 0 Å². The van der Waals surface area contributed by atoms with Gasteiger partial charge in [0.1, 0.15) is 5.82 Å². The molecule has 3 heteroatoms. The lowest BCUT2D eigenvalue weighted by Crippen LogP contribution is -2.45. The molecule has 0 N–H and O–H groups in total. The lowest BCUT2D eigenvalue weighted by atomic mass is 9.84. The van der Waals surface area contributed by atoms with Crippen molar-refractivity contribution < 1.29 is 13.9 Å². The van der Waals surface area contributed by atoms with Crippen LogP contribution in [-0.4, -0.2) is 19.8 Å². The van der Waals surface area contributed by atoms with Gasteiger partial charge in [-0.2, -0.15) is 0 Å². The standard InChI is InChI=1S/C13H17FO2/c1-2-13(9-16-10-13)8-15-7-11-3-5-12(14)6-4-11/h3-6H,2,7-10H2,1H3. The third-order valence-corrected chi connectivity index (χ3v) is 3.16. The maximum atomic E-state index is 12.7. The summed E-state index contributed by atoms with van der Waals surface area (Å²) in [6.07, 6.45) is 1.08. The highest BCUT2D eigenvalue weighted by atomic mass is 19.1. The van der Waals surface area contributed by atoms with Crippen molar-refractivity contribution in [3.8, 4) is 0 Å². The lowest BCUT2D eigenvalue weighted by molar-refractivity contribution is -0.152. The fraction of sp³-hybridized carbons (Fsp3) is 0.538. The molecule has 1 aliphatic rings. The lowest BCUT2D eigenvalue weighted by Gasteiger charge is -2.40. The molecule has 2 nitrogen and oxygen atoms in total. The zero-order valence-electron chi connectivity index (χ0n) is 9.54. The predicted molar refractivity (Wildman–Crippen MR) is 59.6 cm³/mol. The quantitative estimate of drug-likeness (QED) is 0.765. The molecule has 1 aromatic rings. The SMILES string of the molecule is CCC1(COCc2ccc(F)cc2)COC1. The molecule has 88 valence electrons. The van der Waals surface area contributed by atoms with Gasteiger partial charge in [0.15, 0.2) is 0 Å². The Morgan fingerprint density at radius 3 is 2.50 bits per heavy atom. The highest BCUT2D eigenvalue weighted by Crippen LogP contribution is 2.31. The van der Waals surface area contributed by atoms with Crippen molar-refractivity contribution in [2.24, 2.45) is 5.41 Å². The first-order chi connectivity index (χ1) is 7.74. The van der Waals surface area contributed by atoms with Gasteiger partial charge in [-0.15, -0.1) is 0 Å². The van der Waals surface area contributed by atoms with Crippen LogP contribution in [0.2, 0.25) is 0 Å². The summed E-state index contributed by atoms with van der Waals surface area (Å²) in [6.45, 7) is 5.02. The van der Waals surface area contributed by atoms with E-state index in [1.807, 2.05) is 0 Å². The summed E-state index contributed by atoms with van der Waals surface area (Å²) >= 11 is 0. The monoisotopic (exact) mass is 224 g/mol. The van der Waals surface area contributed by atoms with Gasteiger partial charge in [0.05, 0.1) is 26.4 Å². The van der Waals surface area contributed by atoms with Gasteiger partial charge in [-0.1, -0.05) is 19.1 Å². The number of halogens is 1. The molecule has 0 bridgehead atoms. The van der Waals surface area contributed by atoms with Gasteiger partial charge in [0.2, 0.25) is 0 Å². The van der Waals surface area contributed by atoms with E-state index >= 15 is 0 Å². The van der Waals surface area contributed by atoms with Crippen LogP contribution in [0.3, 0.4) is 0 Å². The second-order valence-corrected chi connectivity index (χ2v) is 4.47. The minimum Gasteiger partial charge on any atom is -0.380 e. The van der Waals surface area contributed by atoms with Crippen LogP contribution in [-0.2, 0) is 16.1 Å². The molecule has 0 amide bonds. The Labute approximate surface area is 95.4 Å². The van der Waals surface area contributed by atoms with Crippen LogP contribution in [0.1, 0.15) is 18.9 Å². The molecule has 16 heavy (non-hydrogen) atoms. The van der Waals surface area contributed by atoms with Crippen molar-refractivity contribution in [1.29, 1.82) is 0 Å². The molecular weight excluding hydrogens is 207 g/mol. The van der Waals surface area contributed by atoms with Crippen LogP contribution < -0.4 is 0 Å². The van der Waals surface area contributed by atoms with Crippen molar-refractivity contribution in [3.63, 3.8) is 0 Å². The van der Waals surface area contributed by atoms with Gasteiger partial charge in [0.25, 0.3) is 0 Å². The van der Waals surface area contributed by atoms with Crippen molar-refractivity contribution in [2.45, 2.75) is 20.0 Å². The molecule has 0 aromatic heterocycles. The molecule has 0 atom stereocenters. The fourth-order valence-electron chi connectivity index (χ4n) is 1.75. The van der Waals surface area contributed by atoms with Crippen molar-refractivity contribution in [2.75, 3.05) is 19.8 Å². The summed E-state index contributed by atoms with van der Waals surface area (Å²) in [6, 6.07) is 6.43. The first kappa shape index (κ1) is 11.6. The largest absolute Gasteiger partial charge is 0.380 e. The number of ether oxygens (including phenoxy) is 2. The number of rotatable bonds is 5. The molecule has 1 aromatic carbocycles. The Hall–Kier alpha value is -0.930. The van der Waals surface area contributed by atoms with Crippen molar-refractivity contribution in [3.05, 3.63) is 35.6 Å². The zero-order valence-corrected chi connectivity index (χ0v) is 9.54. The van der Waals surface area contributed by atoms with Crippen LogP contribution in [0.4, 0.5) is 4.39 Å². The van der Waals surface area contributed by atoms with E-state index < -0.39 is 0 Å². The number of hydrogen-bond donors (Lipinski definition) is 0. The Morgan fingerprint density at radius 1 is 1.31 bits per heavy atom.